The summed E-state index contributed by atoms with van der Waals surface area (Å²) in [7, 11) is 0. The van der Waals surface area contributed by atoms with Crippen molar-refractivity contribution in [3.63, 3.8) is 0 Å². The molecular formula is C17H14IN3O3. The zero-order chi connectivity index (χ0) is 16.8. The molecular weight excluding hydrogens is 421 g/mol. The van der Waals surface area contributed by atoms with Crippen molar-refractivity contribution in [3.05, 3.63) is 63.9 Å². The van der Waals surface area contributed by atoms with Gasteiger partial charge in [-0.05, 0) is 65.1 Å². The Morgan fingerprint density at radius 2 is 1.96 bits per heavy atom. The van der Waals surface area contributed by atoms with Gasteiger partial charge in [0.1, 0.15) is 12.3 Å². The summed E-state index contributed by atoms with van der Waals surface area (Å²) in [6.07, 6.45) is 1.58. The maximum absolute atomic E-state index is 11.9. The van der Waals surface area contributed by atoms with Gasteiger partial charge in [0.15, 0.2) is 5.76 Å². The van der Waals surface area contributed by atoms with Gasteiger partial charge in [0.2, 0.25) is 5.88 Å². The Bertz CT molecular complexity index is 787. The Balaban J connectivity index is 1.45. The first-order valence-corrected chi connectivity index (χ1v) is 8.34. The maximum atomic E-state index is 11.9. The van der Waals surface area contributed by atoms with Crippen LogP contribution in [0.4, 0.5) is 0 Å². The van der Waals surface area contributed by atoms with E-state index in [1.165, 1.54) is 0 Å². The number of amides is 1. The number of carbonyl (C=O) groups is 1. The van der Waals surface area contributed by atoms with Crippen LogP contribution in [-0.2, 0) is 0 Å². The van der Waals surface area contributed by atoms with Crippen LogP contribution in [0.5, 0.6) is 5.88 Å². The number of nitrogens with one attached hydrogen (secondary N) is 1. The highest BCUT2D eigenvalue weighted by molar-refractivity contribution is 14.1. The van der Waals surface area contributed by atoms with Gasteiger partial charge < -0.3 is 14.5 Å². The van der Waals surface area contributed by atoms with Gasteiger partial charge in [-0.15, -0.1) is 10.2 Å². The highest BCUT2D eigenvalue weighted by atomic mass is 127. The molecule has 1 aromatic carbocycles. The monoisotopic (exact) mass is 435 g/mol. The molecule has 0 saturated carbocycles. The molecule has 0 aliphatic rings. The predicted molar refractivity (Wildman–Crippen MR) is 96.7 cm³/mol. The number of ether oxygens (including phenoxy) is 1. The lowest BCUT2D eigenvalue weighted by molar-refractivity contribution is 0.0946. The summed E-state index contributed by atoms with van der Waals surface area (Å²) in [5.41, 5.74) is 1.26. The minimum atomic E-state index is -0.130. The molecule has 0 aliphatic heterocycles. The third kappa shape index (κ3) is 4.31. The third-order valence-electron chi connectivity index (χ3n) is 3.16. The molecule has 0 fully saturated rings. The largest absolute Gasteiger partial charge is 0.475 e. The van der Waals surface area contributed by atoms with Crippen LogP contribution in [0.15, 0.2) is 59.2 Å². The van der Waals surface area contributed by atoms with E-state index in [9.17, 15) is 4.79 Å². The van der Waals surface area contributed by atoms with Crippen LogP contribution >= 0.6 is 22.6 Å². The lowest BCUT2D eigenvalue weighted by Crippen LogP contribution is -2.28. The van der Waals surface area contributed by atoms with Crippen LogP contribution in [-0.4, -0.2) is 29.3 Å². The Hall–Kier alpha value is -2.42. The molecule has 2 aromatic heterocycles. The van der Waals surface area contributed by atoms with E-state index in [1.807, 2.05) is 18.2 Å². The predicted octanol–water partition coefficient (Wildman–Crippen LogP) is 3.15. The molecule has 1 amide bonds. The smallest absolute Gasteiger partial charge is 0.251 e. The van der Waals surface area contributed by atoms with E-state index in [2.05, 4.69) is 38.1 Å². The Labute approximate surface area is 152 Å². The van der Waals surface area contributed by atoms with E-state index in [4.69, 9.17) is 9.15 Å². The molecule has 0 atom stereocenters. The van der Waals surface area contributed by atoms with E-state index in [-0.39, 0.29) is 5.91 Å². The van der Waals surface area contributed by atoms with Crippen molar-refractivity contribution < 1.29 is 13.9 Å². The van der Waals surface area contributed by atoms with Crippen molar-refractivity contribution in [3.8, 4) is 17.3 Å². The minimum Gasteiger partial charge on any atom is -0.475 e. The first kappa shape index (κ1) is 16.4. The van der Waals surface area contributed by atoms with Gasteiger partial charge in [0, 0.05) is 15.2 Å². The van der Waals surface area contributed by atoms with Gasteiger partial charge in [0.25, 0.3) is 5.91 Å². The fourth-order valence-electron chi connectivity index (χ4n) is 1.98. The van der Waals surface area contributed by atoms with Crippen molar-refractivity contribution in [1.82, 2.24) is 15.5 Å². The van der Waals surface area contributed by atoms with E-state index in [0.29, 0.717) is 36.0 Å². The van der Waals surface area contributed by atoms with Crippen molar-refractivity contribution in [2.75, 3.05) is 13.2 Å². The number of furan rings is 1. The summed E-state index contributed by atoms with van der Waals surface area (Å²) in [5, 5.41) is 10.8. The SMILES string of the molecule is O=C(NCCOc1ccc(-c2ccco2)nn1)c1ccc(I)cc1. The molecule has 2 heterocycles. The van der Waals surface area contributed by atoms with Crippen LogP contribution < -0.4 is 10.1 Å². The molecule has 6 nitrogen and oxygen atoms in total. The highest BCUT2D eigenvalue weighted by Crippen LogP contribution is 2.17. The standard InChI is InChI=1S/C17H14IN3O3/c18-13-5-3-12(4-6-13)17(22)19-9-11-24-16-8-7-14(20-21-16)15-2-1-10-23-15/h1-8,10H,9,11H2,(H,19,22). The topological polar surface area (TPSA) is 77.2 Å². The number of rotatable bonds is 6. The van der Waals surface area contributed by atoms with E-state index < -0.39 is 0 Å². The number of hydrogen-bond acceptors (Lipinski definition) is 5. The van der Waals surface area contributed by atoms with Crippen LogP contribution in [0, 0.1) is 3.57 Å². The van der Waals surface area contributed by atoms with Gasteiger partial charge in [-0.3, -0.25) is 4.79 Å². The van der Waals surface area contributed by atoms with Gasteiger partial charge >= 0.3 is 0 Å². The quantitative estimate of drug-likeness (QED) is 0.476. The summed E-state index contributed by atoms with van der Waals surface area (Å²) in [6.45, 7) is 0.692. The first-order chi connectivity index (χ1) is 11.7. The number of aromatic nitrogens is 2. The van der Waals surface area contributed by atoms with Crippen molar-refractivity contribution in [2.45, 2.75) is 0 Å². The second-order valence-corrected chi connectivity index (χ2v) is 6.09. The second-order valence-electron chi connectivity index (χ2n) is 4.85. The number of hydrogen-bond donors (Lipinski definition) is 1. The number of halogens is 1. The fourth-order valence-corrected chi connectivity index (χ4v) is 2.34. The number of carbonyl (C=O) groups excluding carboxylic acids is 1. The maximum Gasteiger partial charge on any atom is 0.251 e. The van der Waals surface area contributed by atoms with Crippen molar-refractivity contribution in [2.24, 2.45) is 0 Å². The Morgan fingerprint density at radius 1 is 1.12 bits per heavy atom. The minimum absolute atomic E-state index is 0.130. The highest BCUT2D eigenvalue weighted by Gasteiger charge is 2.06. The molecule has 0 unspecified atom stereocenters. The summed E-state index contributed by atoms with van der Waals surface area (Å²) < 4.78 is 11.8. The fraction of sp³-hybridized carbons (Fsp3) is 0.118. The molecule has 122 valence electrons. The summed E-state index contributed by atoms with van der Waals surface area (Å²) in [5.74, 6) is 0.918. The van der Waals surface area contributed by atoms with Crippen LogP contribution in [0.25, 0.3) is 11.5 Å². The molecule has 7 heteroatoms. The molecule has 0 spiro atoms. The van der Waals surface area contributed by atoms with Crippen molar-refractivity contribution in [1.29, 1.82) is 0 Å². The zero-order valence-corrected chi connectivity index (χ0v) is 14.8. The Kier molecular flexibility index (Phi) is 5.42. The number of benzene rings is 1. The summed E-state index contributed by atoms with van der Waals surface area (Å²) in [6, 6.07) is 14.4. The van der Waals surface area contributed by atoms with E-state index in [1.54, 1.807) is 36.6 Å². The average Bonchev–Trinajstić information content (AvgIpc) is 3.14. The average molecular weight is 435 g/mol. The first-order valence-electron chi connectivity index (χ1n) is 7.26. The molecule has 0 bridgehead atoms. The number of nitrogens with zero attached hydrogens (tertiary/aromatic N) is 2. The van der Waals surface area contributed by atoms with Gasteiger partial charge in [0.05, 0.1) is 12.8 Å². The third-order valence-corrected chi connectivity index (χ3v) is 3.88. The van der Waals surface area contributed by atoms with Crippen LogP contribution in [0.2, 0.25) is 0 Å². The molecule has 3 aromatic rings. The van der Waals surface area contributed by atoms with Crippen LogP contribution in [0.3, 0.4) is 0 Å². The normalized spacial score (nSPS) is 10.4. The molecule has 24 heavy (non-hydrogen) atoms. The van der Waals surface area contributed by atoms with Crippen molar-refractivity contribution >= 4 is 28.5 Å². The molecule has 3 rings (SSSR count). The molecule has 0 saturated heterocycles. The zero-order valence-electron chi connectivity index (χ0n) is 12.6. The molecule has 0 radical (unpaired) electrons. The Morgan fingerprint density at radius 3 is 2.62 bits per heavy atom. The molecule has 0 aliphatic carbocycles. The summed E-state index contributed by atoms with van der Waals surface area (Å²) >= 11 is 2.20. The molecule has 1 N–H and O–H groups in total. The van der Waals surface area contributed by atoms with Gasteiger partial charge in [-0.2, -0.15) is 0 Å². The lowest BCUT2D eigenvalue weighted by atomic mass is 10.2. The van der Waals surface area contributed by atoms with Crippen LogP contribution in [0.1, 0.15) is 10.4 Å². The lowest BCUT2D eigenvalue weighted by Gasteiger charge is -2.07. The van der Waals surface area contributed by atoms with Gasteiger partial charge in [-0.25, -0.2) is 0 Å². The van der Waals surface area contributed by atoms with Gasteiger partial charge in [-0.1, -0.05) is 0 Å². The summed E-state index contributed by atoms with van der Waals surface area (Å²) in [4.78, 5) is 11.9. The van der Waals surface area contributed by atoms with E-state index in [0.717, 1.165) is 3.57 Å². The van der Waals surface area contributed by atoms with E-state index >= 15 is 0 Å². The second kappa shape index (κ2) is 7.91.